The molecule has 0 fully saturated rings. The first kappa shape index (κ1) is 13.4. The predicted octanol–water partition coefficient (Wildman–Crippen LogP) is 1.83. The first-order valence-corrected chi connectivity index (χ1v) is 5.59. The molecule has 0 rings (SSSR count). The van der Waals surface area contributed by atoms with Crippen molar-refractivity contribution < 1.29 is 9.90 Å². The second-order valence-electron chi connectivity index (χ2n) is 3.91. The van der Waals surface area contributed by atoms with E-state index in [1.54, 1.807) is 0 Å². The zero-order valence-electron chi connectivity index (χ0n) is 9.33. The summed E-state index contributed by atoms with van der Waals surface area (Å²) < 4.78 is 0. The molecule has 0 heterocycles. The number of aliphatic hydroxyl groups is 1. The smallest absolute Gasteiger partial charge is 0.246 e. The van der Waals surface area contributed by atoms with Crippen LogP contribution < -0.4 is 5.73 Å². The largest absolute Gasteiger partial charge is 0.383 e. The Hall–Kier alpha value is -0.570. The highest BCUT2D eigenvalue weighted by Crippen LogP contribution is 2.19. The number of carbonyl (C=O) groups excluding carboxylic acids is 1. The van der Waals surface area contributed by atoms with E-state index in [1.165, 1.54) is 19.3 Å². The average Bonchev–Trinajstić information content (AvgIpc) is 2.17. The first-order chi connectivity index (χ1) is 6.61. The van der Waals surface area contributed by atoms with Crippen LogP contribution in [0.2, 0.25) is 0 Å². The number of hydrogen-bond acceptors (Lipinski definition) is 2. The maximum atomic E-state index is 10.6. The average molecular weight is 201 g/mol. The molecule has 0 radical (unpaired) electrons. The van der Waals surface area contributed by atoms with Gasteiger partial charge in [0, 0.05) is 0 Å². The van der Waals surface area contributed by atoms with Gasteiger partial charge in [-0.15, -0.1) is 0 Å². The van der Waals surface area contributed by atoms with Gasteiger partial charge >= 0.3 is 0 Å². The number of amides is 1. The molecule has 0 bridgehead atoms. The second-order valence-corrected chi connectivity index (χ2v) is 3.91. The lowest BCUT2D eigenvalue weighted by Crippen LogP contribution is -2.28. The van der Waals surface area contributed by atoms with Crippen LogP contribution in [0.3, 0.4) is 0 Å². The third-order valence-electron chi connectivity index (χ3n) is 2.72. The van der Waals surface area contributed by atoms with Crippen LogP contribution in [0.1, 0.15) is 52.4 Å². The van der Waals surface area contributed by atoms with Crippen molar-refractivity contribution in [2.45, 2.75) is 58.5 Å². The summed E-state index contributed by atoms with van der Waals surface area (Å²) in [5, 5.41) is 9.22. The minimum Gasteiger partial charge on any atom is -0.383 e. The molecule has 84 valence electrons. The molecule has 0 aromatic rings. The third kappa shape index (κ3) is 5.97. The van der Waals surface area contributed by atoms with Crippen LogP contribution in [-0.2, 0) is 4.79 Å². The molecule has 2 unspecified atom stereocenters. The summed E-state index contributed by atoms with van der Waals surface area (Å²) in [4.78, 5) is 10.6. The normalized spacial score (nSPS) is 15.1. The van der Waals surface area contributed by atoms with Crippen LogP contribution in [0, 0.1) is 5.92 Å². The van der Waals surface area contributed by atoms with Crippen LogP contribution >= 0.6 is 0 Å². The Morgan fingerprint density at radius 3 is 2.36 bits per heavy atom. The minimum absolute atomic E-state index is 0.511. The van der Waals surface area contributed by atoms with Crippen molar-refractivity contribution >= 4 is 5.91 Å². The van der Waals surface area contributed by atoms with Gasteiger partial charge in [-0.2, -0.15) is 0 Å². The summed E-state index contributed by atoms with van der Waals surface area (Å²) in [7, 11) is 0. The molecule has 0 aliphatic heterocycles. The highest BCUT2D eigenvalue weighted by Gasteiger charge is 2.13. The molecule has 3 N–H and O–H groups in total. The third-order valence-corrected chi connectivity index (χ3v) is 2.72. The van der Waals surface area contributed by atoms with Crippen LogP contribution in [0.15, 0.2) is 0 Å². The molecule has 3 heteroatoms. The number of aliphatic hydroxyl groups excluding tert-OH is 1. The van der Waals surface area contributed by atoms with Gasteiger partial charge < -0.3 is 10.8 Å². The fraction of sp³-hybridized carbons (Fsp3) is 0.909. The van der Waals surface area contributed by atoms with Gasteiger partial charge in [0.2, 0.25) is 5.91 Å². The Morgan fingerprint density at radius 2 is 1.93 bits per heavy atom. The van der Waals surface area contributed by atoms with E-state index in [-0.39, 0.29) is 0 Å². The summed E-state index contributed by atoms with van der Waals surface area (Å²) in [5.74, 6) is 0.0271. The van der Waals surface area contributed by atoms with E-state index in [2.05, 4.69) is 13.8 Å². The number of hydrogen-bond donors (Lipinski definition) is 2. The highest BCUT2D eigenvalue weighted by atomic mass is 16.3. The summed E-state index contributed by atoms with van der Waals surface area (Å²) in [6.07, 6.45) is 5.20. The number of nitrogens with two attached hydrogens (primary N) is 1. The predicted molar refractivity (Wildman–Crippen MR) is 57.7 cm³/mol. The molecule has 3 nitrogen and oxygen atoms in total. The monoisotopic (exact) mass is 201 g/mol. The van der Waals surface area contributed by atoms with Crippen molar-refractivity contribution in [2.75, 3.05) is 0 Å². The lowest BCUT2D eigenvalue weighted by molar-refractivity contribution is -0.126. The zero-order chi connectivity index (χ0) is 11.0. The van der Waals surface area contributed by atoms with E-state index in [4.69, 9.17) is 5.73 Å². The molecule has 0 aromatic heterocycles. The Labute approximate surface area is 86.7 Å². The zero-order valence-corrected chi connectivity index (χ0v) is 9.33. The van der Waals surface area contributed by atoms with Crippen molar-refractivity contribution in [3.8, 4) is 0 Å². The first-order valence-electron chi connectivity index (χ1n) is 5.59. The van der Waals surface area contributed by atoms with Gasteiger partial charge in [-0.25, -0.2) is 0 Å². The Balaban J connectivity index is 3.66. The van der Waals surface area contributed by atoms with E-state index >= 15 is 0 Å². The van der Waals surface area contributed by atoms with Gasteiger partial charge in [-0.3, -0.25) is 4.79 Å². The molecule has 0 saturated heterocycles. The SMILES string of the molecule is CCCCC(CC)CCC(O)C(N)=O. The lowest BCUT2D eigenvalue weighted by Gasteiger charge is -2.15. The van der Waals surface area contributed by atoms with Gasteiger partial charge in [-0.1, -0.05) is 39.5 Å². The summed E-state index contributed by atoms with van der Waals surface area (Å²) in [6, 6.07) is 0. The van der Waals surface area contributed by atoms with Crippen molar-refractivity contribution in [3.05, 3.63) is 0 Å². The van der Waals surface area contributed by atoms with Crippen LogP contribution in [0.25, 0.3) is 0 Å². The van der Waals surface area contributed by atoms with E-state index in [9.17, 15) is 9.90 Å². The van der Waals surface area contributed by atoms with Gasteiger partial charge in [0.05, 0.1) is 0 Å². The molecule has 0 aliphatic rings. The molecule has 14 heavy (non-hydrogen) atoms. The van der Waals surface area contributed by atoms with Crippen LogP contribution in [0.5, 0.6) is 0 Å². The van der Waals surface area contributed by atoms with E-state index < -0.39 is 12.0 Å². The van der Waals surface area contributed by atoms with Crippen LogP contribution in [0.4, 0.5) is 0 Å². The van der Waals surface area contributed by atoms with E-state index in [0.717, 1.165) is 12.8 Å². The van der Waals surface area contributed by atoms with Crippen molar-refractivity contribution in [3.63, 3.8) is 0 Å². The number of carbonyl (C=O) groups is 1. The van der Waals surface area contributed by atoms with Crippen molar-refractivity contribution in [1.82, 2.24) is 0 Å². The molecule has 2 atom stereocenters. The molecule has 0 aromatic carbocycles. The van der Waals surface area contributed by atoms with Crippen molar-refractivity contribution in [2.24, 2.45) is 11.7 Å². The maximum Gasteiger partial charge on any atom is 0.246 e. The summed E-state index contributed by atoms with van der Waals surface area (Å²) in [5.41, 5.74) is 4.97. The summed E-state index contributed by atoms with van der Waals surface area (Å²) >= 11 is 0. The molecular weight excluding hydrogens is 178 g/mol. The van der Waals surface area contributed by atoms with E-state index in [1.807, 2.05) is 0 Å². The molecule has 0 spiro atoms. The maximum absolute atomic E-state index is 10.6. The van der Waals surface area contributed by atoms with Crippen LogP contribution in [-0.4, -0.2) is 17.1 Å². The molecular formula is C11H23NO2. The lowest BCUT2D eigenvalue weighted by atomic mass is 9.93. The number of rotatable bonds is 8. The Bertz CT molecular complexity index is 159. The molecule has 0 saturated carbocycles. The summed E-state index contributed by atoms with van der Waals surface area (Å²) in [6.45, 7) is 4.32. The second kappa shape index (κ2) is 7.80. The molecule has 1 amide bonds. The molecule has 0 aliphatic carbocycles. The van der Waals surface area contributed by atoms with E-state index in [0.29, 0.717) is 12.3 Å². The quantitative estimate of drug-likeness (QED) is 0.629. The van der Waals surface area contributed by atoms with Gasteiger partial charge in [-0.05, 0) is 18.8 Å². The van der Waals surface area contributed by atoms with Gasteiger partial charge in [0.15, 0.2) is 0 Å². The fourth-order valence-corrected chi connectivity index (χ4v) is 1.58. The van der Waals surface area contributed by atoms with Crippen molar-refractivity contribution in [1.29, 1.82) is 0 Å². The highest BCUT2D eigenvalue weighted by molar-refractivity contribution is 5.78. The minimum atomic E-state index is -0.953. The van der Waals surface area contributed by atoms with Gasteiger partial charge in [0.1, 0.15) is 6.10 Å². The fourth-order valence-electron chi connectivity index (χ4n) is 1.58. The Kier molecular flexibility index (Phi) is 7.48. The number of unbranched alkanes of at least 4 members (excludes halogenated alkanes) is 1. The number of primary amides is 1. The Morgan fingerprint density at radius 1 is 1.29 bits per heavy atom. The standard InChI is InChI=1S/C11H23NO2/c1-3-5-6-9(4-2)7-8-10(13)11(12)14/h9-10,13H,3-8H2,1-2H3,(H2,12,14). The van der Waals surface area contributed by atoms with Gasteiger partial charge in [0.25, 0.3) is 0 Å². The topological polar surface area (TPSA) is 63.3 Å².